The van der Waals surface area contributed by atoms with Gasteiger partial charge >= 0.3 is 6.03 Å². The number of carbonyl (C=O) groups excluding carboxylic acids is 3. The number of nitrogens with zero attached hydrogens (tertiary/aromatic N) is 1. The van der Waals surface area contributed by atoms with E-state index in [9.17, 15) is 14.4 Å². The topological polar surface area (TPSA) is 78.5 Å². The predicted molar refractivity (Wildman–Crippen MR) is 73.9 cm³/mol. The second kappa shape index (κ2) is 6.24. The monoisotopic (exact) mass is 281 g/mol. The van der Waals surface area contributed by atoms with Crippen molar-refractivity contribution in [1.82, 2.24) is 15.5 Å². The standard InChI is InChI=1S/C14H23N3O3/c1-9(2)17-12(18)8-11(13(17)19)16-14(20)15-10-6-4-3-5-7-10/h9-11H,3-8H2,1-2H3,(H2,15,16,20). The van der Waals surface area contributed by atoms with Crippen molar-refractivity contribution in [3.8, 4) is 0 Å². The molecule has 1 saturated carbocycles. The Kier molecular flexibility index (Phi) is 4.62. The van der Waals surface area contributed by atoms with Gasteiger partial charge < -0.3 is 10.6 Å². The van der Waals surface area contributed by atoms with E-state index in [1.54, 1.807) is 13.8 Å². The number of urea groups is 1. The summed E-state index contributed by atoms with van der Waals surface area (Å²) in [7, 11) is 0. The third kappa shape index (κ3) is 3.29. The van der Waals surface area contributed by atoms with Crippen LogP contribution in [0, 0.1) is 0 Å². The first kappa shape index (κ1) is 14.8. The molecule has 2 rings (SSSR count). The zero-order valence-corrected chi connectivity index (χ0v) is 12.1. The van der Waals surface area contributed by atoms with Crippen LogP contribution in [0.25, 0.3) is 0 Å². The molecule has 0 bridgehead atoms. The van der Waals surface area contributed by atoms with Gasteiger partial charge in [-0.2, -0.15) is 0 Å². The number of carbonyl (C=O) groups is 3. The van der Waals surface area contributed by atoms with Crippen LogP contribution in [0.3, 0.4) is 0 Å². The normalized spacial score (nSPS) is 24.4. The molecule has 1 atom stereocenters. The Morgan fingerprint density at radius 1 is 1.15 bits per heavy atom. The smallest absolute Gasteiger partial charge is 0.315 e. The van der Waals surface area contributed by atoms with Crippen LogP contribution < -0.4 is 10.6 Å². The summed E-state index contributed by atoms with van der Waals surface area (Å²) in [4.78, 5) is 36.9. The Morgan fingerprint density at radius 3 is 2.35 bits per heavy atom. The molecule has 1 unspecified atom stereocenters. The van der Waals surface area contributed by atoms with Gasteiger partial charge in [0.1, 0.15) is 6.04 Å². The van der Waals surface area contributed by atoms with Crippen molar-refractivity contribution in [3.63, 3.8) is 0 Å². The van der Waals surface area contributed by atoms with Crippen molar-refractivity contribution in [2.45, 2.75) is 70.5 Å². The first-order valence-electron chi connectivity index (χ1n) is 7.42. The number of rotatable bonds is 3. The van der Waals surface area contributed by atoms with Gasteiger partial charge in [0.2, 0.25) is 5.91 Å². The van der Waals surface area contributed by atoms with Gasteiger partial charge in [-0.3, -0.25) is 14.5 Å². The first-order valence-corrected chi connectivity index (χ1v) is 7.42. The Balaban J connectivity index is 1.85. The van der Waals surface area contributed by atoms with Crippen LogP contribution in [-0.2, 0) is 9.59 Å². The minimum Gasteiger partial charge on any atom is -0.335 e. The average Bonchev–Trinajstić information content (AvgIpc) is 2.65. The highest BCUT2D eigenvalue weighted by molar-refractivity contribution is 6.07. The molecule has 6 heteroatoms. The molecule has 4 amide bonds. The van der Waals surface area contributed by atoms with Crippen LogP contribution in [0.5, 0.6) is 0 Å². The summed E-state index contributed by atoms with van der Waals surface area (Å²) < 4.78 is 0. The number of nitrogens with one attached hydrogen (secondary N) is 2. The molecule has 1 aliphatic carbocycles. The van der Waals surface area contributed by atoms with E-state index < -0.39 is 6.04 Å². The van der Waals surface area contributed by atoms with Crippen molar-refractivity contribution in [3.05, 3.63) is 0 Å². The molecule has 20 heavy (non-hydrogen) atoms. The third-order valence-corrected chi connectivity index (χ3v) is 3.95. The zero-order valence-electron chi connectivity index (χ0n) is 12.1. The Hall–Kier alpha value is -1.59. The lowest BCUT2D eigenvalue weighted by Crippen LogP contribution is -2.49. The van der Waals surface area contributed by atoms with Crippen molar-refractivity contribution < 1.29 is 14.4 Å². The molecule has 1 saturated heterocycles. The number of hydrogen-bond acceptors (Lipinski definition) is 3. The highest BCUT2D eigenvalue weighted by Crippen LogP contribution is 2.18. The summed E-state index contributed by atoms with van der Waals surface area (Å²) in [6, 6.07) is -1.03. The van der Waals surface area contributed by atoms with E-state index in [1.807, 2.05) is 0 Å². The van der Waals surface area contributed by atoms with Gasteiger partial charge in [0.15, 0.2) is 0 Å². The lowest BCUT2D eigenvalue weighted by molar-refractivity contribution is -0.140. The van der Waals surface area contributed by atoms with E-state index in [1.165, 1.54) is 11.3 Å². The zero-order chi connectivity index (χ0) is 14.7. The molecule has 2 fully saturated rings. The van der Waals surface area contributed by atoms with Crippen LogP contribution >= 0.6 is 0 Å². The van der Waals surface area contributed by atoms with Crippen molar-refractivity contribution in [1.29, 1.82) is 0 Å². The van der Waals surface area contributed by atoms with E-state index in [0.29, 0.717) is 0 Å². The summed E-state index contributed by atoms with van der Waals surface area (Å²) in [6.07, 6.45) is 5.53. The maximum absolute atomic E-state index is 12.0. The fraction of sp³-hybridized carbons (Fsp3) is 0.786. The van der Waals surface area contributed by atoms with Crippen LogP contribution in [0.1, 0.15) is 52.4 Å². The fourth-order valence-corrected chi connectivity index (χ4v) is 2.94. The predicted octanol–water partition coefficient (Wildman–Crippen LogP) is 1.15. The Bertz CT molecular complexity index is 402. The molecule has 0 aromatic heterocycles. The van der Waals surface area contributed by atoms with Gasteiger partial charge in [0.05, 0.1) is 6.42 Å². The molecule has 1 aliphatic heterocycles. The summed E-state index contributed by atoms with van der Waals surface area (Å²) in [5.74, 6) is -0.517. The lowest BCUT2D eigenvalue weighted by atomic mass is 9.96. The molecular formula is C14H23N3O3. The van der Waals surface area contributed by atoms with E-state index in [4.69, 9.17) is 0 Å². The molecule has 2 N–H and O–H groups in total. The van der Waals surface area contributed by atoms with E-state index in [2.05, 4.69) is 10.6 Å². The van der Waals surface area contributed by atoms with E-state index in [0.717, 1.165) is 25.7 Å². The van der Waals surface area contributed by atoms with Crippen molar-refractivity contribution >= 4 is 17.8 Å². The van der Waals surface area contributed by atoms with Gasteiger partial charge in [-0.05, 0) is 26.7 Å². The Morgan fingerprint density at radius 2 is 1.80 bits per heavy atom. The fourth-order valence-electron chi connectivity index (χ4n) is 2.94. The number of hydrogen-bond donors (Lipinski definition) is 2. The molecule has 0 aromatic rings. The highest BCUT2D eigenvalue weighted by atomic mass is 16.2. The molecule has 1 heterocycles. The van der Waals surface area contributed by atoms with E-state index in [-0.39, 0.29) is 36.3 Å². The minimum atomic E-state index is -0.714. The SMILES string of the molecule is CC(C)N1C(=O)CC(NC(=O)NC2CCCCC2)C1=O. The summed E-state index contributed by atoms with van der Waals surface area (Å²) >= 11 is 0. The number of amides is 4. The summed E-state index contributed by atoms with van der Waals surface area (Å²) in [5.41, 5.74) is 0. The minimum absolute atomic E-state index is 0.0646. The quantitative estimate of drug-likeness (QED) is 0.762. The van der Waals surface area contributed by atoms with Crippen LogP contribution in [0.2, 0.25) is 0 Å². The maximum atomic E-state index is 12.0. The molecule has 112 valence electrons. The molecule has 2 aliphatic rings. The largest absolute Gasteiger partial charge is 0.335 e. The molecule has 0 spiro atoms. The number of imide groups is 1. The Labute approximate surface area is 119 Å². The molecule has 0 aromatic carbocycles. The van der Waals surface area contributed by atoms with Gasteiger partial charge in [0.25, 0.3) is 5.91 Å². The molecule has 0 radical (unpaired) electrons. The second-order valence-corrected chi connectivity index (χ2v) is 5.91. The second-order valence-electron chi connectivity index (χ2n) is 5.91. The van der Waals surface area contributed by atoms with E-state index >= 15 is 0 Å². The van der Waals surface area contributed by atoms with Gasteiger partial charge in [-0.25, -0.2) is 4.79 Å². The number of likely N-dealkylation sites (tertiary alicyclic amines) is 1. The maximum Gasteiger partial charge on any atom is 0.315 e. The third-order valence-electron chi connectivity index (χ3n) is 3.95. The van der Waals surface area contributed by atoms with Gasteiger partial charge in [0, 0.05) is 12.1 Å². The first-order chi connectivity index (χ1) is 9.49. The van der Waals surface area contributed by atoms with Gasteiger partial charge in [-0.1, -0.05) is 19.3 Å². The van der Waals surface area contributed by atoms with Crippen LogP contribution in [-0.4, -0.2) is 40.9 Å². The highest BCUT2D eigenvalue weighted by Gasteiger charge is 2.40. The van der Waals surface area contributed by atoms with Crippen LogP contribution in [0.15, 0.2) is 0 Å². The molecular weight excluding hydrogens is 258 g/mol. The van der Waals surface area contributed by atoms with Crippen LogP contribution in [0.4, 0.5) is 4.79 Å². The molecule has 6 nitrogen and oxygen atoms in total. The van der Waals surface area contributed by atoms with Gasteiger partial charge in [-0.15, -0.1) is 0 Å². The lowest BCUT2D eigenvalue weighted by Gasteiger charge is -2.24. The van der Waals surface area contributed by atoms with Crippen molar-refractivity contribution in [2.75, 3.05) is 0 Å². The summed E-state index contributed by atoms with van der Waals surface area (Å²) in [6.45, 7) is 3.58. The van der Waals surface area contributed by atoms with Crippen molar-refractivity contribution in [2.24, 2.45) is 0 Å². The average molecular weight is 281 g/mol. The summed E-state index contributed by atoms with van der Waals surface area (Å²) in [5, 5.41) is 5.52.